The molecule has 0 spiro atoms. The molecule has 1 aromatic carbocycles. The van der Waals surface area contributed by atoms with Crippen LogP contribution < -0.4 is 0 Å². The Kier molecular flexibility index (Phi) is 8.77. The first-order valence-electron chi connectivity index (χ1n) is 12.0. The number of hydrogen-bond acceptors (Lipinski definition) is 6. The van der Waals surface area contributed by atoms with Crippen LogP contribution in [0.3, 0.4) is 0 Å². The van der Waals surface area contributed by atoms with Crippen molar-refractivity contribution >= 4 is 38.2 Å². The van der Waals surface area contributed by atoms with Crippen molar-refractivity contribution in [2.45, 2.75) is 65.8 Å². The van der Waals surface area contributed by atoms with Gasteiger partial charge in [-0.15, -0.1) is 11.3 Å². The van der Waals surface area contributed by atoms with E-state index in [0.717, 1.165) is 16.1 Å². The summed E-state index contributed by atoms with van der Waals surface area (Å²) in [4.78, 5) is 19.5. The fourth-order valence-electron chi connectivity index (χ4n) is 3.96. The minimum absolute atomic E-state index is 0.101. The second-order valence-corrected chi connectivity index (χ2v) is 13.6. The van der Waals surface area contributed by atoms with E-state index in [1.165, 1.54) is 15.6 Å². The number of sulfonamides is 1. The monoisotopic (exact) mass is 519 g/mol. The van der Waals surface area contributed by atoms with Crippen molar-refractivity contribution in [1.29, 1.82) is 0 Å². The minimum Gasteiger partial charge on any atom is -0.464 e. The number of hydrogen-bond donors (Lipinski definition) is 0. The Bertz CT molecular complexity index is 1240. The maximum atomic E-state index is 13.7. The van der Waals surface area contributed by atoms with Gasteiger partial charge in [0, 0.05) is 36.8 Å². The highest BCUT2D eigenvalue weighted by Crippen LogP contribution is 2.25. The molecule has 3 rings (SSSR count). The summed E-state index contributed by atoms with van der Waals surface area (Å²) < 4.78 is 34.2. The van der Waals surface area contributed by atoms with Crippen LogP contribution in [-0.4, -0.2) is 48.1 Å². The van der Waals surface area contributed by atoms with Crippen LogP contribution in [0, 0.1) is 18.3 Å². The predicted octanol–water partition coefficient (Wildman–Crippen LogP) is 5.70. The number of aromatic nitrogens is 1. The molecule has 0 fully saturated rings. The Hall–Kier alpha value is -2.23. The van der Waals surface area contributed by atoms with Crippen molar-refractivity contribution in [3.63, 3.8) is 0 Å². The maximum Gasteiger partial charge on any atom is 0.243 e. The van der Waals surface area contributed by atoms with Crippen LogP contribution in [0.4, 0.5) is 0 Å². The van der Waals surface area contributed by atoms with Gasteiger partial charge in [0.1, 0.15) is 5.58 Å². The van der Waals surface area contributed by atoms with Crippen molar-refractivity contribution < 1.29 is 17.6 Å². The van der Waals surface area contributed by atoms with Gasteiger partial charge in [0.2, 0.25) is 15.9 Å². The average Bonchev–Trinajstić information content (AvgIpc) is 3.38. The van der Waals surface area contributed by atoms with Crippen molar-refractivity contribution in [3.05, 3.63) is 46.6 Å². The number of furan rings is 1. The number of benzene rings is 1. The number of rotatable bonds is 11. The fourth-order valence-corrected chi connectivity index (χ4v) is 6.05. The molecule has 0 aliphatic rings. The number of fused-ring (bicyclic) bond motifs is 1. The summed E-state index contributed by atoms with van der Waals surface area (Å²) in [7, 11) is -3.78. The minimum atomic E-state index is -3.78. The lowest BCUT2D eigenvalue weighted by Gasteiger charge is -2.29. The summed E-state index contributed by atoms with van der Waals surface area (Å²) in [5, 5.41) is 3.54. The smallest absolute Gasteiger partial charge is 0.243 e. The van der Waals surface area contributed by atoms with E-state index in [4.69, 9.17) is 4.42 Å². The fraction of sp³-hybridized carbons (Fsp3) is 0.538. The number of aryl methyl sites for hydroxylation is 1. The maximum absolute atomic E-state index is 13.7. The molecule has 0 N–H and O–H groups in total. The summed E-state index contributed by atoms with van der Waals surface area (Å²) in [5.74, 6) is 0.444. The third kappa shape index (κ3) is 7.62. The van der Waals surface area contributed by atoms with Crippen LogP contribution in [0.1, 0.15) is 58.2 Å². The first-order valence-corrected chi connectivity index (χ1v) is 14.3. The van der Waals surface area contributed by atoms with Crippen LogP contribution in [0.25, 0.3) is 11.0 Å². The van der Waals surface area contributed by atoms with Gasteiger partial charge in [-0.05, 0) is 48.9 Å². The Morgan fingerprint density at radius 1 is 1.17 bits per heavy atom. The highest BCUT2D eigenvalue weighted by Gasteiger charge is 2.27. The van der Waals surface area contributed by atoms with Gasteiger partial charge in [-0.25, -0.2) is 13.4 Å². The van der Waals surface area contributed by atoms with Crippen LogP contribution >= 0.6 is 11.3 Å². The van der Waals surface area contributed by atoms with E-state index in [1.807, 2.05) is 17.2 Å². The van der Waals surface area contributed by atoms with Gasteiger partial charge in [-0.2, -0.15) is 4.31 Å². The molecule has 1 amide bonds. The topological polar surface area (TPSA) is 83.7 Å². The van der Waals surface area contributed by atoms with Gasteiger partial charge in [-0.3, -0.25) is 4.79 Å². The van der Waals surface area contributed by atoms with Gasteiger partial charge < -0.3 is 9.32 Å². The Morgan fingerprint density at radius 3 is 2.54 bits per heavy atom. The molecular weight excluding hydrogens is 482 g/mol. The van der Waals surface area contributed by atoms with Gasteiger partial charge in [0.25, 0.3) is 0 Å². The Morgan fingerprint density at radius 2 is 1.91 bits per heavy atom. The number of amides is 1. The summed E-state index contributed by atoms with van der Waals surface area (Å²) >= 11 is 1.50. The zero-order valence-electron chi connectivity index (χ0n) is 21.6. The van der Waals surface area contributed by atoms with E-state index < -0.39 is 10.0 Å². The van der Waals surface area contributed by atoms with Crippen LogP contribution in [0.5, 0.6) is 0 Å². The van der Waals surface area contributed by atoms with E-state index in [2.05, 4.69) is 39.6 Å². The third-order valence-corrected chi connectivity index (χ3v) is 8.19. The molecule has 0 atom stereocenters. The molecule has 2 aromatic heterocycles. The highest BCUT2D eigenvalue weighted by molar-refractivity contribution is 7.89. The average molecular weight is 520 g/mol. The first-order chi connectivity index (χ1) is 16.3. The SMILES string of the molecule is Cc1nc(CN(CCCN(CC(C)C)C(=O)CC(C)(C)C)S(=O)(=O)c2ccc3occc3c2)cs1. The molecule has 0 saturated heterocycles. The van der Waals surface area contributed by atoms with Crippen LogP contribution in [-0.2, 0) is 21.4 Å². The first kappa shape index (κ1) is 27.4. The van der Waals surface area contributed by atoms with Gasteiger partial charge in [0.05, 0.1) is 28.4 Å². The van der Waals surface area contributed by atoms with E-state index in [1.54, 1.807) is 30.5 Å². The lowest BCUT2D eigenvalue weighted by Crippen LogP contribution is -2.39. The molecular formula is C26H37N3O4S2. The second kappa shape index (κ2) is 11.2. The summed E-state index contributed by atoms with van der Waals surface area (Å²) in [6.45, 7) is 13.9. The van der Waals surface area contributed by atoms with Crippen molar-refractivity contribution in [1.82, 2.24) is 14.2 Å². The highest BCUT2D eigenvalue weighted by atomic mass is 32.2. The number of thiazole rings is 1. The third-order valence-electron chi connectivity index (χ3n) is 5.52. The van der Waals surface area contributed by atoms with E-state index >= 15 is 0 Å². The molecule has 0 bridgehead atoms. The molecule has 0 unspecified atom stereocenters. The molecule has 0 aliphatic carbocycles. The molecule has 192 valence electrons. The Labute approximate surface area is 213 Å². The van der Waals surface area contributed by atoms with Crippen molar-refractivity contribution in [2.24, 2.45) is 11.3 Å². The van der Waals surface area contributed by atoms with Crippen LogP contribution in [0.15, 0.2) is 45.2 Å². The Balaban J connectivity index is 1.80. The summed E-state index contributed by atoms with van der Waals surface area (Å²) in [6.07, 6.45) is 2.55. The second-order valence-electron chi connectivity index (χ2n) is 10.6. The quantitative estimate of drug-likeness (QED) is 0.324. The standard InChI is InChI=1S/C26H37N3O4S2/c1-19(2)16-28(25(30)15-26(4,5)6)11-7-12-29(17-22-18-34-20(3)27-22)35(31,32)23-8-9-24-21(14-23)10-13-33-24/h8-10,13-14,18-19H,7,11-12,15-17H2,1-6H3. The molecule has 9 heteroatoms. The zero-order valence-corrected chi connectivity index (χ0v) is 23.2. The van der Waals surface area contributed by atoms with E-state index in [-0.39, 0.29) is 22.8 Å². The summed E-state index contributed by atoms with van der Waals surface area (Å²) in [5.41, 5.74) is 1.27. The van der Waals surface area contributed by atoms with E-state index in [9.17, 15) is 13.2 Å². The molecule has 3 aromatic rings. The molecule has 2 heterocycles. The summed E-state index contributed by atoms with van der Waals surface area (Å²) in [6, 6.07) is 6.67. The van der Waals surface area contributed by atoms with Gasteiger partial charge in [-0.1, -0.05) is 34.6 Å². The van der Waals surface area contributed by atoms with E-state index in [0.29, 0.717) is 44.0 Å². The zero-order chi connectivity index (χ0) is 25.8. The molecule has 0 saturated carbocycles. The van der Waals surface area contributed by atoms with Crippen molar-refractivity contribution in [2.75, 3.05) is 19.6 Å². The number of carbonyl (C=O) groups is 1. The van der Waals surface area contributed by atoms with Gasteiger partial charge >= 0.3 is 0 Å². The van der Waals surface area contributed by atoms with Gasteiger partial charge in [0.15, 0.2) is 0 Å². The molecule has 0 radical (unpaired) electrons. The van der Waals surface area contributed by atoms with Crippen molar-refractivity contribution in [3.8, 4) is 0 Å². The lowest BCUT2D eigenvalue weighted by atomic mass is 9.91. The molecule has 7 nitrogen and oxygen atoms in total. The molecule has 35 heavy (non-hydrogen) atoms. The molecule has 0 aliphatic heterocycles. The lowest BCUT2D eigenvalue weighted by molar-refractivity contribution is -0.133. The normalized spacial score (nSPS) is 12.7. The predicted molar refractivity (Wildman–Crippen MR) is 141 cm³/mol. The largest absolute Gasteiger partial charge is 0.464 e. The number of nitrogens with zero attached hydrogens (tertiary/aromatic N) is 3. The number of carbonyl (C=O) groups excluding carboxylic acids is 1. The van der Waals surface area contributed by atoms with Crippen LogP contribution in [0.2, 0.25) is 0 Å².